The third kappa shape index (κ3) is 3.18. The van der Waals surface area contributed by atoms with Crippen molar-refractivity contribution in [3.63, 3.8) is 0 Å². The number of aromatic nitrogens is 2. The quantitative estimate of drug-likeness (QED) is 0.794. The number of benzene rings is 1. The maximum absolute atomic E-state index is 13.3. The van der Waals surface area contributed by atoms with Gasteiger partial charge in [-0.15, -0.1) is 11.6 Å². The molecular weight excluding hydrogens is 293 g/mol. The van der Waals surface area contributed by atoms with Crippen molar-refractivity contribution in [2.45, 2.75) is 32.7 Å². The van der Waals surface area contributed by atoms with Crippen LogP contribution in [0, 0.1) is 5.82 Å². The number of hydrogen-bond donors (Lipinski definition) is 0. The molecule has 21 heavy (non-hydrogen) atoms. The molecule has 6 heteroatoms. The lowest BCUT2D eigenvalue weighted by Crippen LogP contribution is -2.33. The first-order valence-corrected chi connectivity index (χ1v) is 7.49. The van der Waals surface area contributed by atoms with E-state index in [0.29, 0.717) is 24.4 Å². The number of hydrogen-bond acceptors (Lipinski definition) is 2. The van der Waals surface area contributed by atoms with Crippen LogP contribution >= 0.6 is 11.6 Å². The summed E-state index contributed by atoms with van der Waals surface area (Å²) in [6.45, 7) is 7.14. The van der Waals surface area contributed by atoms with E-state index in [0.717, 1.165) is 5.52 Å². The molecule has 1 heterocycles. The Bertz CT molecular complexity index is 650. The van der Waals surface area contributed by atoms with Crippen LogP contribution in [0.15, 0.2) is 18.2 Å². The van der Waals surface area contributed by atoms with Gasteiger partial charge in [-0.3, -0.25) is 4.79 Å². The Balaban J connectivity index is 2.46. The van der Waals surface area contributed by atoms with Crippen molar-refractivity contribution in [3.8, 4) is 0 Å². The van der Waals surface area contributed by atoms with Gasteiger partial charge in [0.15, 0.2) is 0 Å². The number of amides is 1. The van der Waals surface area contributed by atoms with E-state index >= 15 is 0 Å². The standard InChI is InChI=1S/C15H19ClFN3O/c1-4-19(5-2)14(21)9-20-13-7-6-11(17)8-12(13)18-15(20)10(3)16/h6-8,10H,4-5,9H2,1-3H3. The Labute approximate surface area is 128 Å². The van der Waals surface area contributed by atoms with Crippen LogP contribution in [-0.2, 0) is 11.3 Å². The minimum absolute atomic E-state index is 0.00203. The molecule has 0 aliphatic carbocycles. The van der Waals surface area contributed by atoms with Gasteiger partial charge in [-0.1, -0.05) is 0 Å². The fourth-order valence-electron chi connectivity index (χ4n) is 2.40. The molecule has 2 rings (SSSR count). The molecule has 0 fully saturated rings. The SMILES string of the molecule is CCN(CC)C(=O)Cn1c(C(C)Cl)nc2cc(F)ccc21. The van der Waals surface area contributed by atoms with Gasteiger partial charge in [-0.2, -0.15) is 0 Å². The van der Waals surface area contributed by atoms with E-state index in [-0.39, 0.29) is 23.6 Å². The van der Waals surface area contributed by atoms with Gasteiger partial charge in [-0.25, -0.2) is 9.37 Å². The highest BCUT2D eigenvalue weighted by atomic mass is 35.5. The van der Waals surface area contributed by atoms with E-state index in [1.165, 1.54) is 12.1 Å². The molecule has 1 atom stereocenters. The number of fused-ring (bicyclic) bond motifs is 1. The average molecular weight is 312 g/mol. The summed E-state index contributed by atoms with van der Waals surface area (Å²) < 4.78 is 15.1. The van der Waals surface area contributed by atoms with Crippen LogP contribution in [0.1, 0.15) is 32.0 Å². The second-order valence-electron chi connectivity index (χ2n) is 4.87. The number of likely N-dealkylation sites (N-methyl/N-ethyl adjacent to an activating group) is 1. The van der Waals surface area contributed by atoms with E-state index < -0.39 is 0 Å². The van der Waals surface area contributed by atoms with E-state index in [1.807, 2.05) is 13.8 Å². The maximum atomic E-state index is 13.3. The van der Waals surface area contributed by atoms with Crippen molar-refractivity contribution in [1.29, 1.82) is 0 Å². The molecule has 1 unspecified atom stereocenters. The Hall–Kier alpha value is -1.62. The van der Waals surface area contributed by atoms with E-state index in [2.05, 4.69) is 4.98 Å². The lowest BCUT2D eigenvalue weighted by atomic mass is 10.3. The number of carbonyl (C=O) groups is 1. The first kappa shape index (κ1) is 15.8. The molecular formula is C15H19ClFN3O. The van der Waals surface area contributed by atoms with Gasteiger partial charge in [0, 0.05) is 19.2 Å². The van der Waals surface area contributed by atoms with Crippen molar-refractivity contribution in [2.24, 2.45) is 0 Å². The van der Waals surface area contributed by atoms with Crippen LogP contribution in [0.3, 0.4) is 0 Å². The molecule has 0 radical (unpaired) electrons. The molecule has 0 saturated heterocycles. The third-order valence-electron chi connectivity index (χ3n) is 3.51. The number of alkyl halides is 1. The lowest BCUT2D eigenvalue weighted by Gasteiger charge is -2.20. The molecule has 0 saturated carbocycles. The zero-order valence-electron chi connectivity index (χ0n) is 12.4. The highest BCUT2D eigenvalue weighted by Crippen LogP contribution is 2.25. The second kappa shape index (κ2) is 6.43. The van der Waals surface area contributed by atoms with Crippen molar-refractivity contribution in [2.75, 3.05) is 13.1 Å². The van der Waals surface area contributed by atoms with Gasteiger partial charge in [0.25, 0.3) is 0 Å². The third-order valence-corrected chi connectivity index (χ3v) is 3.70. The summed E-state index contributed by atoms with van der Waals surface area (Å²) in [4.78, 5) is 18.4. The molecule has 4 nitrogen and oxygen atoms in total. The number of rotatable bonds is 5. The van der Waals surface area contributed by atoms with Crippen molar-refractivity contribution >= 4 is 28.5 Å². The van der Waals surface area contributed by atoms with Crippen LogP contribution in [0.25, 0.3) is 11.0 Å². The van der Waals surface area contributed by atoms with Gasteiger partial charge in [0.2, 0.25) is 5.91 Å². The lowest BCUT2D eigenvalue weighted by molar-refractivity contribution is -0.131. The zero-order valence-corrected chi connectivity index (χ0v) is 13.2. The molecule has 114 valence electrons. The largest absolute Gasteiger partial charge is 0.342 e. The van der Waals surface area contributed by atoms with Gasteiger partial charge < -0.3 is 9.47 Å². The summed E-state index contributed by atoms with van der Waals surface area (Å²) >= 11 is 6.15. The fraction of sp³-hybridized carbons (Fsp3) is 0.467. The topological polar surface area (TPSA) is 38.1 Å². The summed E-state index contributed by atoms with van der Waals surface area (Å²) in [5.74, 6) is 0.232. The fourth-order valence-corrected chi connectivity index (χ4v) is 2.57. The molecule has 1 aromatic carbocycles. The van der Waals surface area contributed by atoms with Crippen LogP contribution in [0.2, 0.25) is 0 Å². The minimum Gasteiger partial charge on any atom is -0.342 e. The first-order valence-electron chi connectivity index (χ1n) is 7.05. The molecule has 0 aliphatic rings. The number of halogens is 2. The van der Waals surface area contributed by atoms with Gasteiger partial charge in [0.1, 0.15) is 18.2 Å². The van der Waals surface area contributed by atoms with Crippen molar-refractivity contribution < 1.29 is 9.18 Å². The molecule has 0 N–H and O–H groups in total. The Morgan fingerprint density at radius 2 is 2.10 bits per heavy atom. The van der Waals surface area contributed by atoms with Gasteiger partial charge in [-0.05, 0) is 32.9 Å². The molecule has 0 bridgehead atoms. The molecule has 1 amide bonds. The first-order chi connectivity index (χ1) is 9.97. The monoisotopic (exact) mass is 311 g/mol. The Morgan fingerprint density at radius 1 is 1.43 bits per heavy atom. The second-order valence-corrected chi connectivity index (χ2v) is 5.53. The predicted molar refractivity (Wildman–Crippen MR) is 81.9 cm³/mol. The molecule has 0 spiro atoms. The van der Waals surface area contributed by atoms with E-state index in [1.54, 1.807) is 22.5 Å². The van der Waals surface area contributed by atoms with Crippen LogP contribution in [-0.4, -0.2) is 33.4 Å². The summed E-state index contributed by atoms with van der Waals surface area (Å²) in [5.41, 5.74) is 1.24. The highest BCUT2D eigenvalue weighted by Gasteiger charge is 2.19. The van der Waals surface area contributed by atoms with Gasteiger partial charge in [0.05, 0.1) is 16.4 Å². The predicted octanol–water partition coefficient (Wildman–Crippen LogP) is 3.34. The Morgan fingerprint density at radius 3 is 2.67 bits per heavy atom. The van der Waals surface area contributed by atoms with Gasteiger partial charge >= 0.3 is 0 Å². The molecule has 2 aromatic rings. The zero-order chi connectivity index (χ0) is 15.6. The molecule has 1 aromatic heterocycles. The number of imidazole rings is 1. The summed E-state index contributed by atoms with van der Waals surface area (Å²) in [7, 11) is 0. The smallest absolute Gasteiger partial charge is 0.242 e. The van der Waals surface area contributed by atoms with Crippen molar-refractivity contribution in [3.05, 3.63) is 29.8 Å². The van der Waals surface area contributed by atoms with Crippen LogP contribution < -0.4 is 0 Å². The van der Waals surface area contributed by atoms with E-state index in [4.69, 9.17) is 11.6 Å². The van der Waals surface area contributed by atoms with Crippen LogP contribution in [0.4, 0.5) is 4.39 Å². The van der Waals surface area contributed by atoms with Crippen LogP contribution in [0.5, 0.6) is 0 Å². The average Bonchev–Trinajstić information content (AvgIpc) is 2.78. The normalized spacial score (nSPS) is 12.6. The van der Waals surface area contributed by atoms with E-state index in [9.17, 15) is 9.18 Å². The summed E-state index contributed by atoms with van der Waals surface area (Å²) in [6, 6.07) is 4.36. The summed E-state index contributed by atoms with van der Waals surface area (Å²) in [5, 5.41) is -0.357. The van der Waals surface area contributed by atoms with Crippen molar-refractivity contribution in [1.82, 2.24) is 14.5 Å². The summed E-state index contributed by atoms with van der Waals surface area (Å²) in [6.07, 6.45) is 0. The maximum Gasteiger partial charge on any atom is 0.242 e. The highest BCUT2D eigenvalue weighted by molar-refractivity contribution is 6.20. The Kier molecular flexibility index (Phi) is 4.83. The molecule has 0 aliphatic heterocycles. The number of nitrogens with zero attached hydrogens (tertiary/aromatic N) is 3. The minimum atomic E-state index is -0.357. The number of carbonyl (C=O) groups excluding carboxylic acids is 1.